The van der Waals surface area contributed by atoms with Crippen molar-refractivity contribution in [2.75, 3.05) is 6.54 Å². The van der Waals surface area contributed by atoms with Crippen molar-refractivity contribution in [2.24, 2.45) is 11.1 Å². The van der Waals surface area contributed by atoms with E-state index in [0.29, 0.717) is 5.41 Å². The van der Waals surface area contributed by atoms with Crippen molar-refractivity contribution in [1.29, 1.82) is 0 Å². The summed E-state index contributed by atoms with van der Waals surface area (Å²) >= 11 is 0. The Morgan fingerprint density at radius 3 is 2.73 bits per heavy atom. The molecule has 1 spiro atoms. The molecule has 1 aromatic carbocycles. The highest BCUT2D eigenvalue weighted by Crippen LogP contribution is 2.62. The van der Waals surface area contributed by atoms with Gasteiger partial charge in [0.2, 0.25) is 0 Å². The number of aryl methyl sites for hydroxylation is 1. The van der Waals surface area contributed by atoms with Crippen LogP contribution in [0.3, 0.4) is 0 Å². The third-order valence-corrected chi connectivity index (χ3v) is 4.41. The minimum absolute atomic E-state index is 0.660. The zero-order valence-corrected chi connectivity index (χ0v) is 9.21. The molecule has 2 aliphatic rings. The lowest BCUT2D eigenvalue weighted by molar-refractivity contribution is 0.334. The van der Waals surface area contributed by atoms with Crippen LogP contribution >= 0.6 is 0 Å². The number of hydrogen-bond donors (Lipinski definition) is 1. The summed E-state index contributed by atoms with van der Waals surface area (Å²) in [4.78, 5) is 0. The molecule has 0 aliphatic heterocycles. The Bertz CT molecular complexity index is 365. The van der Waals surface area contributed by atoms with Crippen LogP contribution in [-0.4, -0.2) is 6.54 Å². The lowest BCUT2D eigenvalue weighted by Crippen LogP contribution is -2.24. The van der Waals surface area contributed by atoms with Gasteiger partial charge in [-0.25, -0.2) is 0 Å². The van der Waals surface area contributed by atoms with Gasteiger partial charge in [0.05, 0.1) is 0 Å². The van der Waals surface area contributed by atoms with Crippen molar-refractivity contribution in [2.45, 2.75) is 38.0 Å². The van der Waals surface area contributed by atoms with Crippen molar-refractivity contribution in [3.63, 3.8) is 0 Å². The summed E-state index contributed by atoms with van der Waals surface area (Å²) in [6, 6.07) is 8.98. The summed E-state index contributed by atoms with van der Waals surface area (Å²) in [5.74, 6) is 0.757. The maximum absolute atomic E-state index is 5.77. The molecule has 0 bridgehead atoms. The van der Waals surface area contributed by atoms with Gasteiger partial charge in [-0.2, -0.15) is 0 Å². The van der Waals surface area contributed by atoms with Gasteiger partial charge < -0.3 is 5.73 Å². The monoisotopic (exact) mass is 201 g/mol. The lowest BCUT2D eigenvalue weighted by atomic mass is 9.71. The zero-order valence-electron chi connectivity index (χ0n) is 9.21. The molecule has 2 aliphatic carbocycles. The molecule has 0 heterocycles. The number of hydrogen-bond acceptors (Lipinski definition) is 1. The molecule has 1 heteroatoms. The van der Waals surface area contributed by atoms with Gasteiger partial charge in [0.25, 0.3) is 0 Å². The number of rotatable bonds is 2. The van der Waals surface area contributed by atoms with Crippen molar-refractivity contribution in [3.05, 3.63) is 35.4 Å². The number of benzene rings is 1. The first-order chi connectivity index (χ1) is 7.36. The first kappa shape index (κ1) is 9.41. The van der Waals surface area contributed by atoms with Crippen LogP contribution in [0.25, 0.3) is 0 Å². The third kappa shape index (κ3) is 1.41. The predicted molar refractivity (Wildman–Crippen MR) is 62.8 cm³/mol. The predicted octanol–water partition coefficient (Wildman–Crippen LogP) is 2.85. The van der Waals surface area contributed by atoms with Gasteiger partial charge in [-0.3, -0.25) is 0 Å². The second-order valence-electron chi connectivity index (χ2n) is 5.19. The minimum Gasteiger partial charge on any atom is -0.330 e. The Kier molecular flexibility index (Phi) is 2.10. The molecule has 1 aromatic rings. The molecule has 1 saturated carbocycles. The fraction of sp³-hybridized carbons (Fsp3) is 0.571. The molecule has 0 saturated heterocycles. The van der Waals surface area contributed by atoms with E-state index in [-0.39, 0.29) is 0 Å². The smallest absolute Gasteiger partial charge is 0.00712 e. The SMILES string of the molecule is NCCC1c2ccccc2CCC12CC2. The van der Waals surface area contributed by atoms with Gasteiger partial charge >= 0.3 is 0 Å². The lowest BCUT2D eigenvalue weighted by Gasteiger charge is -2.34. The quantitative estimate of drug-likeness (QED) is 0.782. The van der Waals surface area contributed by atoms with Gasteiger partial charge in [-0.15, -0.1) is 0 Å². The number of fused-ring (bicyclic) bond motifs is 1. The summed E-state index contributed by atoms with van der Waals surface area (Å²) < 4.78 is 0. The van der Waals surface area contributed by atoms with Crippen molar-refractivity contribution < 1.29 is 0 Å². The highest BCUT2D eigenvalue weighted by atomic mass is 14.6. The molecule has 1 unspecified atom stereocenters. The first-order valence-electron chi connectivity index (χ1n) is 6.14. The van der Waals surface area contributed by atoms with Gasteiger partial charge in [0, 0.05) is 0 Å². The Balaban J connectivity index is 2.00. The van der Waals surface area contributed by atoms with Crippen LogP contribution in [0.15, 0.2) is 24.3 Å². The van der Waals surface area contributed by atoms with Crippen molar-refractivity contribution in [1.82, 2.24) is 0 Å². The minimum atomic E-state index is 0.660. The molecule has 0 amide bonds. The highest BCUT2D eigenvalue weighted by molar-refractivity contribution is 5.36. The highest BCUT2D eigenvalue weighted by Gasteiger charge is 2.50. The molecule has 1 atom stereocenters. The standard InChI is InChI=1S/C14H19N/c15-10-6-13-12-4-2-1-3-11(12)5-7-14(13)8-9-14/h1-4,13H,5-10,15H2. The van der Waals surface area contributed by atoms with E-state index < -0.39 is 0 Å². The van der Waals surface area contributed by atoms with Crippen molar-refractivity contribution in [3.8, 4) is 0 Å². The second-order valence-corrected chi connectivity index (χ2v) is 5.19. The van der Waals surface area contributed by atoms with E-state index in [4.69, 9.17) is 5.73 Å². The Hall–Kier alpha value is -0.820. The summed E-state index contributed by atoms with van der Waals surface area (Å²) in [6.45, 7) is 0.834. The van der Waals surface area contributed by atoms with Gasteiger partial charge in [0.1, 0.15) is 0 Å². The Morgan fingerprint density at radius 1 is 1.20 bits per heavy atom. The summed E-state index contributed by atoms with van der Waals surface area (Å²) in [5.41, 5.74) is 9.61. The normalized spacial score (nSPS) is 26.3. The first-order valence-corrected chi connectivity index (χ1v) is 6.14. The molecule has 0 aromatic heterocycles. The fourth-order valence-corrected chi connectivity index (χ4v) is 3.38. The Morgan fingerprint density at radius 2 is 2.00 bits per heavy atom. The molecular weight excluding hydrogens is 182 g/mol. The van der Waals surface area contributed by atoms with E-state index in [1.54, 1.807) is 11.1 Å². The molecular formula is C14H19N. The zero-order chi connectivity index (χ0) is 10.3. The van der Waals surface area contributed by atoms with Gasteiger partial charge in [-0.1, -0.05) is 24.3 Å². The summed E-state index contributed by atoms with van der Waals surface area (Å²) in [7, 11) is 0. The van der Waals surface area contributed by atoms with Gasteiger partial charge in [-0.05, 0) is 61.1 Å². The second kappa shape index (κ2) is 3.34. The molecule has 1 nitrogen and oxygen atoms in total. The van der Waals surface area contributed by atoms with Crippen LogP contribution in [0.1, 0.15) is 42.7 Å². The van der Waals surface area contributed by atoms with Crippen LogP contribution < -0.4 is 5.73 Å². The van der Waals surface area contributed by atoms with E-state index in [1.165, 1.54) is 32.1 Å². The van der Waals surface area contributed by atoms with Crippen LogP contribution in [0.4, 0.5) is 0 Å². The summed E-state index contributed by atoms with van der Waals surface area (Å²) in [6.07, 6.45) is 6.74. The molecule has 80 valence electrons. The third-order valence-electron chi connectivity index (χ3n) is 4.41. The van der Waals surface area contributed by atoms with Crippen LogP contribution in [0, 0.1) is 5.41 Å². The average molecular weight is 201 g/mol. The van der Waals surface area contributed by atoms with Crippen LogP contribution in [0.2, 0.25) is 0 Å². The maximum Gasteiger partial charge on any atom is -0.00712 e. The largest absolute Gasteiger partial charge is 0.330 e. The fourth-order valence-electron chi connectivity index (χ4n) is 3.38. The van der Waals surface area contributed by atoms with Crippen LogP contribution in [0.5, 0.6) is 0 Å². The van der Waals surface area contributed by atoms with Gasteiger partial charge in [0.15, 0.2) is 0 Å². The topological polar surface area (TPSA) is 26.0 Å². The van der Waals surface area contributed by atoms with E-state index in [2.05, 4.69) is 24.3 Å². The molecule has 15 heavy (non-hydrogen) atoms. The number of nitrogens with two attached hydrogens (primary N) is 1. The molecule has 2 N–H and O–H groups in total. The maximum atomic E-state index is 5.77. The Labute approximate surface area is 91.7 Å². The van der Waals surface area contributed by atoms with Crippen LogP contribution in [-0.2, 0) is 6.42 Å². The summed E-state index contributed by atoms with van der Waals surface area (Å²) in [5, 5.41) is 0. The molecule has 3 rings (SSSR count). The molecule has 0 radical (unpaired) electrons. The van der Waals surface area contributed by atoms with E-state index in [1.807, 2.05) is 0 Å². The average Bonchev–Trinajstić information content (AvgIpc) is 3.04. The molecule has 1 fully saturated rings. The van der Waals surface area contributed by atoms with E-state index in [9.17, 15) is 0 Å². The van der Waals surface area contributed by atoms with Crippen molar-refractivity contribution >= 4 is 0 Å². The van der Waals surface area contributed by atoms with E-state index >= 15 is 0 Å². The van der Waals surface area contributed by atoms with E-state index in [0.717, 1.165) is 12.5 Å².